The standard InChI is InChI=1S/C26H26Cl3N7O/c1-17-23-20(25(37)36(33-17)24-21(28)7-3-8-22(24)29)16-30-26(32-23)31-18-5-2-6-19(15-18)35-13-11-34(12-14-35)10-4-9-27/h2-3,5-8,15-16H,4,9-14H2,1H3,(H,30,31,32). The highest BCUT2D eigenvalue weighted by atomic mass is 35.5. The van der Waals surface area contributed by atoms with Crippen molar-refractivity contribution in [2.45, 2.75) is 13.3 Å². The minimum absolute atomic E-state index is 0.329. The van der Waals surface area contributed by atoms with E-state index >= 15 is 0 Å². The Morgan fingerprint density at radius 3 is 2.49 bits per heavy atom. The molecule has 2 aromatic heterocycles. The van der Waals surface area contributed by atoms with Crippen LogP contribution in [0.25, 0.3) is 16.6 Å². The summed E-state index contributed by atoms with van der Waals surface area (Å²) >= 11 is 18.5. The van der Waals surface area contributed by atoms with E-state index in [-0.39, 0.29) is 0 Å². The molecule has 0 aliphatic carbocycles. The number of nitrogens with zero attached hydrogens (tertiary/aromatic N) is 6. The van der Waals surface area contributed by atoms with E-state index in [1.54, 1.807) is 25.1 Å². The Morgan fingerprint density at radius 1 is 1.03 bits per heavy atom. The van der Waals surface area contributed by atoms with Gasteiger partial charge in [-0.25, -0.2) is 9.97 Å². The lowest BCUT2D eigenvalue weighted by atomic mass is 10.2. The molecule has 1 fully saturated rings. The number of piperazine rings is 1. The second-order valence-electron chi connectivity index (χ2n) is 8.88. The van der Waals surface area contributed by atoms with E-state index in [1.165, 1.54) is 10.9 Å². The number of benzene rings is 2. The summed E-state index contributed by atoms with van der Waals surface area (Å²) < 4.78 is 1.21. The fourth-order valence-electron chi connectivity index (χ4n) is 4.50. The van der Waals surface area contributed by atoms with Crippen LogP contribution in [0.2, 0.25) is 10.0 Å². The van der Waals surface area contributed by atoms with E-state index in [4.69, 9.17) is 34.8 Å². The van der Waals surface area contributed by atoms with Crippen LogP contribution in [0.15, 0.2) is 53.5 Å². The van der Waals surface area contributed by atoms with Gasteiger partial charge in [0.05, 0.1) is 21.1 Å². The summed E-state index contributed by atoms with van der Waals surface area (Å²) in [7, 11) is 0. The Morgan fingerprint density at radius 2 is 1.76 bits per heavy atom. The number of anilines is 3. The number of alkyl halides is 1. The minimum Gasteiger partial charge on any atom is -0.369 e. The molecule has 1 saturated heterocycles. The van der Waals surface area contributed by atoms with Gasteiger partial charge >= 0.3 is 0 Å². The van der Waals surface area contributed by atoms with Crippen molar-refractivity contribution < 1.29 is 0 Å². The highest BCUT2D eigenvalue weighted by molar-refractivity contribution is 6.37. The Bertz CT molecular complexity index is 1470. The summed E-state index contributed by atoms with van der Waals surface area (Å²) in [5.74, 6) is 1.08. The molecular formula is C26H26Cl3N7O. The average Bonchev–Trinajstić information content (AvgIpc) is 2.90. The molecule has 0 amide bonds. The molecule has 2 aromatic carbocycles. The lowest BCUT2D eigenvalue weighted by Gasteiger charge is -2.36. The van der Waals surface area contributed by atoms with Crippen LogP contribution in [0, 0.1) is 6.92 Å². The van der Waals surface area contributed by atoms with Crippen LogP contribution in [-0.2, 0) is 0 Å². The van der Waals surface area contributed by atoms with Crippen LogP contribution in [0.3, 0.4) is 0 Å². The van der Waals surface area contributed by atoms with Crippen molar-refractivity contribution >= 4 is 63.0 Å². The summed E-state index contributed by atoms with van der Waals surface area (Å²) in [5.41, 5.74) is 2.96. The minimum atomic E-state index is -0.394. The molecule has 0 saturated carbocycles. The predicted molar refractivity (Wildman–Crippen MR) is 151 cm³/mol. The fraction of sp³-hybridized carbons (Fsp3) is 0.308. The molecule has 5 rings (SSSR count). The number of nitrogens with one attached hydrogen (secondary N) is 1. The summed E-state index contributed by atoms with van der Waals surface area (Å²) in [6.07, 6.45) is 2.52. The first-order valence-electron chi connectivity index (χ1n) is 12.1. The molecule has 0 radical (unpaired) electrons. The third-order valence-corrected chi connectivity index (χ3v) is 7.28. The summed E-state index contributed by atoms with van der Waals surface area (Å²) in [4.78, 5) is 27.1. The van der Waals surface area contributed by atoms with Gasteiger partial charge in [0, 0.05) is 49.6 Å². The SMILES string of the molecule is Cc1nn(-c2c(Cl)cccc2Cl)c(=O)c2cnc(Nc3cccc(N4CCN(CCCCl)CC4)c3)nc12. The van der Waals surface area contributed by atoms with E-state index in [0.717, 1.165) is 50.5 Å². The molecule has 11 heteroatoms. The third-order valence-electron chi connectivity index (χ3n) is 6.40. The maximum absolute atomic E-state index is 13.2. The number of rotatable bonds is 7. The molecule has 0 unspecified atom stereocenters. The largest absolute Gasteiger partial charge is 0.369 e. The van der Waals surface area contributed by atoms with Crippen LogP contribution in [0.1, 0.15) is 12.1 Å². The van der Waals surface area contributed by atoms with Gasteiger partial charge in [0.15, 0.2) is 0 Å². The molecule has 1 aliphatic rings. The average molecular weight is 559 g/mol. The lowest BCUT2D eigenvalue weighted by molar-refractivity contribution is 0.259. The predicted octanol–water partition coefficient (Wildman–Crippen LogP) is 5.29. The normalized spacial score (nSPS) is 14.3. The summed E-state index contributed by atoms with van der Waals surface area (Å²) in [6.45, 7) is 6.79. The van der Waals surface area contributed by atoms with Crippen LogP contribution < -0.4 is 15.8 Å². The second-order valence-corrected chi connectivity index (χ2v) is 10.1. The van der Waals surface area contributed by atoms with Gasteiger partial charge in [-0.15, -0.1) is 11.6 Å². The highest BCUT2D eigenvalue weighted by Crippen LogP contribution is 2.28. The highest BCUT2D eigenvalue weighted by Gasteiger charge is 2.18. The topological polar surface area (TPSA) is 79.2 Å². The van der Waals surface area contributed by atoms with E-state index < -0.39 is 5.56 Å². The summed E-state index contributed by atoms with van der Waals surface area (Å²) in [6, 6.07) is 13.2. The molecule has 1 N–H and O–H groups in total. The number of halogens is 3. The molecule has 0 bridgehead atoms. The van der Waals surface area contributed by atoms with Crippen molar-refractivity contribution in [1.82, 2.24) is 24.6 Å². The van der Waals surface area contributed by atoms with Gasteiger partial charge < -0.3 is 10.2 Å². The van der Waals surface area contributed by atoms with Crippen molar-refractivity contribution in [2.75, 3.05) is 48.8 Å². The van der Waals surface area contributed by atoms with Crippen LogP contribution in [-0.4, -0.2) is 63.3 Å². The Balaban J connectivity index is 1.38. The molecule has 192 valence electrons. The fourth-order valence-corrected chi connectivity index (χ4v) is 5.17. The molecule has 1 aliphatic heterocycles. The first-order chi connectivity index (χ1) is 17.9. The first-order valence-corrected chi connectivity index (χ1v) is 13.3. The number of hydrogen-bond acceptors (Lipinski definition) is 7. The Hall–Kier alpha value is -2.91. The van der Waals surface area contributed by atoms with Crippen molar-refractivity contribution in [3.05, 3.63) is 74.8 Å². The molecule has 37 heavy (non-hydrogen) atoms. The zero-order valence-electron chi connectivity index (χ0n) is 20.3. The molecule has 0 atom stereocenters. The van der Waals surface area contributed by atoms with E-state index in [9.17, 15) is 4.79 Å². The van der Waals surface area contributed by atoms with E-state index in [2.05, 4.69) is 42.3 Å². The van der Waals surface area contributed by atoms with Crippen molar-refractivity contribution in [1.29, 1.82) is 0 Å². The number of para-hydroxylation sites is 1. The third kappa shape index (κ3) is 5.52. The maximum Gasteiger partial charge on any atom is 0.282 e. The van der Waals surface area contributed by atoms with Gasteiger partial charge in [-0.05, 0) is 50.2 Å². The van der Waals surface area contributed by atoms with Gasteiger partial charge in [0.1, 0.15) is 11.2 Å². The van der Waals surface area contributed by atoms with Crippen molar-refractivity contribution in [3.8, 4) is 5.69 Å². The number of aryl methyl sites for hydroxylation is 1. The zero-order chi connectivity index (χ0) is 25.9. The quantitative estimate of drug-likeness (QED) is 0.309. The van der Waals surface area contributed by atoms with E-state index in [0.29, 0.717) is 44.2 Å². The molecular weight excluding hydrogens is 533 g/mol. The molecule has 3 heterocycles. The second kappa shape index (κ2) is 11.2. The van der Waals surface area contributed by atoms with Crippen LogP contribution in [0.4, 0.5) is 17.3 Å². The Labute approximate surface area is 229 Å². The first kappa shape index (κ1) is 25.7. The molecule has 4 aromatic rings. The number of aromatic nitrogens is 4. The van der Waals surface area contributed by atoms with Crippen LogP contribution >= 0.6 is 34.8 Å². The molecule has 8 nitrogen and oxygen atoms in total. The van der Waals surface area contributed by atoms with Crippen LogP contribution in [0.5, 0.6) is 0 Å². The van der Waals surface area contributed by atoms with Gasteiger partial charge in [0.2, 0.25) is 5.95 Å². The van der Waals surface area contributed by atoms with Crippen molar-refractivity contribution in [2.24, 2.45) is 0 Å². The van der Waals surface area contributed by atoms with Gasteiger partial charge in [-0.3, -0.25) is 9.69 Å². The maximum atomic E-state index is 13.2. The smallest absolute Gasteiger partial charge is 0.282 e. The number of hydrogen-bond donors (Lipinski definition) is 1. The van der Waals surface area contributed by atoms with Gasteiger partial charge in [0.25, 0.3) is 5.56 Å². The zero-order valence-corrected chi connectivity index (χ0v) is 22.6. The van der Waals surface area contributed by atoms with Gasteiger partial charge in [-0.1, -0.05) is 35.3 Å². The monoisotopic (exact) mass is 557 g/mol. The number of fused-ring (bicyclic) bond motifs is 1. The lowest BCUT2D eigenvalue weighted by Crippen LogP contribution is -2.46. The Kier molecular flexibility index (Phi) is 7.81. The van der Waals surface area contributed by atoms with Crippen molar-refractivity contribution in [3.63, 3.8) is 0 Å². The van der Waals surface area contributed by atoms with Gasteiger partial charge in [-0.2, -0.15) is 9.78 Å². The molecule has 0 spiro atoms. The summed E-state index contributed by atoms with van der Waals surface area (Å²) in [5, 5.41) is 8.70. The van der Waals surface area contributed by atoms with E-state index in [1.807, 2.05) is 12.1 Å².